The molecule has 2 aromatic rings. The molecule has 0 saturated heterocycles. The molecular formula is C37H51N3O4. The number of hydrogen-bond acceptors (Lipinski definition) is 5. The highest BCUT2D eigenvalue weighted by atomic mass is 16.3. The molecule has 0 bridgehead atoms. The van der Waals surface area contributed by atoms with Crippen molar-refractivity contribution in [3.05, 3.63) is 58.2 Å². The summed E-state index contributed by atoms with van der Waals surface area (Å²) in [7, 11) is 0. The van der Waals surface area contributed by atoms with E-state index in [2.05, 4.69) is 36.0 Å². The average Bonchev–Trinajstić information content (AvgIpc) is 3.02. The number of ketones is 1. The molecule has 0 aromatic heterocycles. The van der Waals surface area contributed by atoms with Gasteiger partial charge in [-0.3, -0.25) is 14.4 Å². The summed E-state index contributed by atoms with van der Waals surface area (Å²) in [5.41, 5.74) is 1.55. The molecule has 238 valence electrons. The minimum Gasteiger partial charge on any atom is -0.506 e. The SMILES string of the molecule is C=c1cc/c(=C2\C(=O)C(c3ccc(N(CC)CC)cc3NC(=O)C(CC)(CC)CC)=C2O)c(NC(=O)C(CC)(CC)CC)c1. The van der Waals surface area contributed by atoms with Gasteiger partial charge in [0.05, 0.1) is 16.8 Å². The van der Waals surface area contributed by atoms with Crippen LogP contribution in [0.2, 0.25) is 0 Å². The van der Waals surface area contributed by atoms with Crippen LogP contribution in [-0.4, -0.2) is 35.8 Å². The maximum atomic E-state index is 13.9. The zero-order valence-electron chi connectivity index (χ0n) is 27.9. The summed E-state index contributed by atoms with van der Waals surface area (Å²) in [5.74, 6) is -0.715. The van der Waals surface area contributed by atoms with Crippen LogP contribution in [0.5, 0.6) is 0 Å². The average molecular weight is 602 g/mol. The summed E-state index contributed by atoms with van der Waals surface area (Å²) in [6.07, 6.45) is 4.12. The van der Waals surface area contributed by atoms with E-state index in [9.17, 15) is 19.5 Å². The van der Waals surface area contributed by atoms with Crippen LogP contribution in [-0.2, 0) is 14.4 Å². The van der Waals surface area contributed by atoms with Gasteiger partial charge in [-0.15, -0.1) is 0 Å². The van der Waals surface area contributed by atoms with Crippen LogP contribution >= 0.6 is 0 Å². The molecule has 0 heterocycles. The number of nitrogens with one attached hydrogen (secondary N) is 2. The fourth-order valence-electron chi connectivity index (χ4n) is 6.43. The summed E-state index contributed by atoms with van der Waals surface area (Å²) in [6.45, 7) is 21.8. The largest absolute Gasteiger partial charge is 0.506 e. The third-order valence-electron chi connectivity index (χ3n) is 10.2. The van der Waals surface area contributed by atoms with E-state index in [1.165, 1.54) is 0 Å². The van der Waals surface area contributed by atoms with Crippen LogP contribution < -0.4 is 26.0 Å². The number of carbonyl (C=O) groups is 3. The van der Waals surface area contributed by atoms with Crippen LogP contribution in [0.15, 0.2) is 42.2 Å². The van der Waals surface area contributed by atoms with Crippen LogP contribution in [0, 0.1) is 10.8 Å². The summed E-state index contributed by atoms with van der Waals surface area (Å²) in [5, 5.41) is 18.8. The Morgan fingerprint density at radius 2 is 1.23 bits per heavy atom. The second-order valence-corrected chi connectivity index (χ2v) is 11.8. The second kappa shape index (κ2) is 14.3. The highest BCUT2D eigenvalue weighted by Gasteiger charge is 2.39. The second-order valence-electron chi connectivity index (χ2n) is 11.8. The third-order valence-corrected chi connectivity index (χ3v) is 10.2. The first-order valence-electron chi connectivity index (χ1n) is 16.3. The highest BCUT2D eigenvalue weighted by molar-refractivity contribution is 6.52. The van der Waals surface area contributed by atoms with Gasteiger partial charge in [-0.25, -0.2) is 0 Å². The van der Waals surface area contributed by atoms with E-state index in [0.717, 1.165) is 18.8 Å². The molecule has 7 heteroatoms. The number of aliphatic hydroxyl groups is 1. The highest BCUT2D eigenvalue weighted by Crippen LogP contribution is 2.42. The van der Waals surface area contributed by atoms with E-state index in [0.29, 0.717) is 65.9 Å². The molecule has 2 amide bonds. The molecule has 0 spiro atoms. The van der Waals surface area contributed by atoms with Gasteiger partial charge in [-0.05, 0) is 81.9 Å². The lowest BCUT2D eigenvalue weighted by Gasteiger charge is -2.31. The summed E-state index contributed by atoms with van der Waals surface area (Å²) < 4.78 is 0. The molecular weight excluding hydrogens is 550 g/mol. The van der Waals surface area contributed by atoms with Crippen molar-refractivity contribution in [2.45, 2.75) is 93.9 Å². The van der Waals surface area contributed by atoms with Crippen molar-refractivity contribution in [3.8, 4) is 0 Å². The van der Waals surface area contributed by atoms with Crippen molar-refractivity contribution >= 4 is 52.4 Å². The Labute approximate surface area is 263 Å². The monoisotopic (exact) mass is 601 g/mol. The van der Waals surface area contributed by atoms with Crippen molar-refractivity contribution in [1.29, 1.82) is 0 Å². The Kier molecular flexibility index (Phi) is 11.2. The molecule has 0 atom stereocenters. The number of rotatable bonds is 14. The fourth-order valence-corrected chi connectivity index (χ4v) is 6.43. The van der Waals surface area contributed by atoms with E-state index < -0.39 is 10.8 Å². The molecule has 0 fully saturated rings. The van der Waals surface area contributed by atoms with E-state index in [-0.39, 0.29) is 34.5 Å². The van der Waals surface area contributed by atoms with Gasteiger partial charge in [0.25, 0.3) is 0 Å². The van der Waals surface area contributed by atoms with Crippen LogP contribution in [0.25, 0.3) is 17.7 Å². The van der Waals surface area contributed by atoms with Crippen molar-refractivity contribution in [3.63, 3.8) is 0 Å². The minimum absolute atomic E-state index is 0.0960. The molecule has 0 radical (unpaired) electrons. The Bertz CT molecular complexity index is 1530. The predicted molar refractivity (Wildman–Crippen MR) is 183 cm³/mol. The van der Waals surface area contributed by atoms with E-state index in [4.69, 9.17) is 0 Å². The molecule has 1 aliphatic carbocycles. The van der Waals surface area contributed by atoms with Crippen LogP contribution in [0.3, 0.4) is 0 Å². The first kappa shape index (κ1) is 34.6. The molecule has 1 aliphatic rings. The van der Waals surface area contributed by atoms with Gasteiger partial charge in [0.2, 0.25) is 17.6 Å². The third kappa shape index (κ3) is 6.19. The lowest BCUT2D eigenvalue weighted by molar-refractivity contribution is -0.127. The van der Waals surface area contributed by atoms with Crippen molar-refractivity contribution < 1.29 is 19.5 Å². The molecule has 0 saturated carbocycles. The molecule has 2 aromatic carbocycles. The first-order chi connectivity index (χ1) is 21.0. The van der Waals surface area contributed by atoms with Crippen LogP contribution in [0.4, 0.5) is 17.1 Å². The van der Waals surface area contributed by atoms with E-state index in [1.807, 2.05) is 53.7 Å². The quantitative estimate of drug-likeness (QED) is 0.218. The predicted octanol–water partition coefficient (Wildman–Crippen LogP) is 6.96. The fraction of sp³-hybridized carbons (Fsp3) is 0.486. The summed E-state index contributed by atoms with van der Waals surface area (Å²) in [4.78, 5) is 43.2. The minimum atomic E-state index is -0.534. The van der Waals surface area contributed by atoms with E-state index in [1.54, 1.807) is 24.3 Å². The number of carbonyl (C=O) groups excluding carboxylic acids is 3. The van der Waals surface area contributed by atoms with Gasteiger partial charge in [0, 0.05) is 46.1 Å². The van der Waals surface area contributed by atoms with Crippen molar-refractivity contribution in [2.75, 3.05) is 28.6 Å². The molecule has 0 unspecified atom stereocenters. The summed E-state index contributed by atoms with van der Waals surface area (Å²) >= 11 is 0. The lowest BCUT2D eigenvalue weighted by atomic mass is 9.78. The number of anilines is 3. The van der Waals surface area contributed by atoms with Gasteiger partial charge in [-0.1, -0.05) is 60.3 Å². The molecule has 3 N–H and O–H groups in total. The number of amides is 2. The number of hydrogen-bond donors (Lipinski definition) is 3. The molecule has 44 heavy (non-hydrogen) atoms. The van der Waals surface area contributed by atoms with E-state index >= 15 is 0 Å². The normalized spacial score (nSPS) is 14.8. The van der Waals surface area contributed by atoms with Gasteiger partial charge in [-0.2, -0.15) is 0 Å². The first-order valence-corrected chi connectivity index (χ1v) is 16.3. The Morgan fingerprint density at radius 1 is 0.727 bits per heavy atom. The number of aliphatic hydroxyl groups excluding tert-OH is 1. The number of Topliss-reactive ketones (excluding diaryl/α,β-unsaturated/α-hetero) is 1. The Hall–Kier alpha value is -3.87. The van der Waals surface area contributed by atoms with Crippen molar-refractivity contribution in [1.82, 2.24) is 0 Å². The van der Waals surface area contributed by atoms with Crippen LogP contribution in [0.1, 0.15) is 99.5 Å². The zero-order chi connectivity index (χ0) is 32.8. The lowest BCUT2D eigenvalue weighted by Crippen LogP contribution is -2.37. The molecule has 0 aliphatic heterocycles. The van der Waals surface area contributed by atoms with Gasteiger partial charge in [0.15, 0.2) is 0 Å². The Morgan fingerprint density at radius 3 is 1.68 bits per heavy atom. The number of benzene rings is 2. The molecule has 7 nitrogen and oxygen atoms in total. The number of nitrogens with zero attached hydrogens (tertiary/aromatic N) is 1. The Balaban J connectivity index is 2.21. The topological polar surface area (TPSA) is 98.7 Å². The molecule has 3 rings (SSSR count). The standard InChI is InChI=1S/C37H51N3O4/c1-10-36(11-2,12-3)34(43)38-28-22-24(9)18-20-26(28)30-32(41)31(33(30)42)27-21-19-25(40(16-7)17-8)23-29(27)39-35(44)37(13-4,14-5)15-6/h18-23,41H,9-17H2,1-8H3,(H,38,43)(H,39,44)/b30-26+. The van der Waals surface area contributed by atoms with Gasteiger partial charge in [0.1, 0.15) is 5.76 Å². The maximum absolute atomic E-state index is 13.9. The van der Waals surface area contributed by atoms with Crippen molar-refractivity contribution in [2.24, 2.45) is 10.8 Å². The van der Waals surface area contributed by atoms with Gasteiger partial charge < -0.3 is 20.6 Å². The summed E-state index contributed by atoms with van der Waals surface area (Å²) in [6, 6.07) is 10.8. The number of allylic oxidation sites excluding steroid dienone is 2. The zero-order valence-corrected chi connectivity index (χ0v) is 27.9. The maximum Gasteiger partial charge on any atom is 0.230 e. The van der Waals surface area contributed by atoms with Gasteiger partial charge >= 0.3 is 0 Å². The smallest absolute Gasteiger partial charge is 0.230 e.